The molecule has 0 aliphatic carbocycles. The smallest absolute Gasteiger partial charge is 0.339 e. The molecule has 1 aromatic carbocycles. The second kappa shape index (κ2) is 7.15. The molecule has 0 aliphatic heterocycles. The number of benzene rings is 1. The number of rotatable bonds is 5. The molecule has 1 heterocycles. The zero-order valence-corrected chi connectivity index (χ0v) is 12.8. The van der Waals surface area contributed by atoms with Gasteiger partial charge >= 0.3 is 6.03 Å². The molecule has 0 bridgehead atoms. The molecular weight excluding hydrogens is 305 g/mol. The number of hydroxylamine groups is 2. The van der Waals surface area contributed by atoms with Crippen LogP contribution in [0.15, 0.2) is 36.5 Å². The summed E-state index contributed by atoms with van der Waals surface area (Å²) in [5.41, 5.74) is 5.97. The quantitative estimate of drug-likeness (QED) is 0.656. The number of carbonyl (C=O) groups is 1. The van der Waals surface area contributed by atoms with E-state index in [0.29, 0.717) is 11.5 Å². The predicted molar refractivity (Wildman–Crippen MR) is 83.0 cm³/mol. The molecule has 1 atom stereocenters. The summed E-state index contributed by atoms with van der Waals surface area (Å²) in [6.07, 6.45) is 5.78. The van der Waals surface area contributed by atoms with Gasteiger partial charge in [-0.25, -0.2) is 14.2 Å². The van der Waals surface area contributed by atoms with Crippen LogP contribution in [0.4, 0.5) is 9.18 Å². The van der Waals surface area contributed by atoms with Crippen molar-refractivity contribution < 1.29 is 14.4 Å². The SMILES string of the molecule is C[C@H](C=Cc1ncc(Cc2ccc(F)cc2)s1)N(O)C(N)=O. The number of nitrogens with two attached hydrogens (primary N) is 1. The van der Waals surface area contributed by atoms with Crippen molar-refractivity contribution in [3.05, 3.63) is 57.8 Å². The highest BCUT2D eigenvalue weighted by Gasteiger charge is 2.11. The van der Waals surface area contributed by atoms with Crippen LogP contribution in [0.25, 0.3) is 6.08 Å². The van der Waals surface area contributed by atoms with Gasteiger partial charge in [0, 0.05) is 17.5 Å². The van der Waals surface area contributed by atoms with Crippen molar-refractivity contribution >= 4 is 23.4 Å². The third-order valence-corrected chi connectivity index (χ3v) is 3.95. The van der Waals surface area contributed by atoms with Crippen LogP contribution in [0.5, 0.6) is 0 Å². The molecule has 2 rings (SSSR count). The van der Waals surface area contributed by atoms with Gasteiger partial charge in [0.05, 0.1) is 6.04 Å². The minimum atomic E-state index is -0.909. The van der Waals surface area contributed by atoms with Gasteiger partial charge in [0.25, 0.3) is 0 Å². The predicted octanol–water partition coefficient (Wildman–Crippen LogP) is 3.04. The maximum absolute atomic E-state index is 12.9. The van der Waals surface area contributed by atoms with E-state index in [0.717, 1.165) is 15.4 Å². The summed E-state index contributed by atoms with van der Waals surface area (Å²) in [5.74, 6) is -0.256. The van der Waals surface area contributed by atoms with E-state index < -0.39 is 12.1 Å². The summed E-state index contributed by atoms with van der Waals surface area (Å²) >= 11 is 1.49. The van der Waals surface area contributed by atoms with Crippen LogP contribution < -0.4 is 5.73 Å². The fraction of sp³-hybridized carbons (Fsp3) is 0.200. The summed E-state index contributed by atoms with van der Waals surface area (Å²) in [4.78, 5) is 16.1. The van der Waals surface area contributed by atoms with E-state index in [1.165, 1.54) is 23.5 Å². The topological polar surface area (TPSA) is 79.4 Å². The van der Waals surface area contributed by atoms with Crippen molar-refractivity contribution in [2.75, 3.05) is 0 Å². The Morgan fingerprint density at radius 3 is 2.82 bits per heavy atom. The number of halogens is 1. The molecule has 1 aromatic heterocycles. The Hall–Kier alpha value is -2.25. The molecule has 0 fully saturated rings. The van der Waals surface area contributed by atoms with Gasteiger partial charge in [-0.2, -0.15) is 5.06 Å². The number of thiazole rings is 1. The van der Waals surface area contributed by atoms with Gasteiger partial charge in [0.15, 0.2) is 0 Å². The van der Waals surface area contributed by atoms with E-state index in [-0.39, 0.29) is 5.82 Å². The van der Waals surface area contributed by atoms with Crippen LogP contribution in [0, 0.1) is 5.82 Å². The summed E-state index contributed by atoms with van der Waals surface area (Å²) in [6.45, 7) is 1.63. The Morgan fingerprint density at radius 2 is 2.18 bits per heavy atom. The van der Waals surface area contributed by atoms with Gasteiger partial charge in [-0.05, 0) is 30.7 Å². The van der Waals surface area contributed by atoms with Gasteiger partial charge in [-0.15, -0.1) is 11.3 Å². The van der Waals surface area contributed by atoms with Crippen LogP contribution in [0.3, 0.4) is 0 Å². The highest BCUT2D eigenvalue weighted by Crippen LogP contribution is 2.19. The second-order valence-electron chi connectivity index (χ2n) is 4.75. The molecule has 0 radical (unpaired) electrons. The van der Waals surface area contributed by atoms with Crippen molar-refractivity contribution in [2.24, 2.45) is 5.73 Å². The maximum atomic E-state index is 12.9. The molecule has 0 saturated carbocycles. The summed E-state index contributed by atoms with van der Waals surface area (Å²) in [5, 5.41) is 10.6. The first kappa shape index (κ1) is 16.1. The van der Waals surface area contributed by atoms with Crippen LogP contribution >= 0.6 is 11.3 Å². The van der Waals surface area contributed by atoms with E-state index in [1.54, 1.807) is 37.4 Å². The molecule has 3 N–H and O–H groups in total. The fourth-order valence-corrected chi connectivity index (χ4v) is 2.65. The lowest BCUT2D eigenvalue weighted by atomic mass is 10.1. The van der Waals surface area contributed by atoms with E-state index >= 15 is 0 Å². The fourth-order valence-electron chi connectivity index (χ4n) is 1.79. The standard InChI is InChI=1S/C15H16FN3O2S/c1-10(19(21)15(17)20)2-7-14-18-9-13(22-14)8-11-3-5-12(16)6-4-11/h2-7,9-10,21H,8H2,1H3,(H2,17,20)/t10-/m1/s1. The third kappa shape index (κ3) is 4.37. The number of hydrogen-bond donors (Lipinski definition) is 2. The van der Waals surface area contributed by atoms with E-state index in [2.05, 4.69) is 4.98 Å². The van der Waals surface area contributed by atoms with E-state index in [4.69, 9.17) is 5.73 Å². The molecular formula is C15H16FN3O2S. The number of hydrogen-bond acceptors (Lipinski definition) is 4. The largest absolute Gasteiger partial charge is 0.350 e. The summed E-state index contributed by atoms with van der Waals surface area (Å²) in [6, 6.07) is 4.89. The highest BCUT2D eigenvalue weighted by molar-refractivity contribution is 7.12. The van der Waals surface area contributed by atoms with Gasteiger partial charge in [0.1, 0.15) is 10.8 Å². The molecule has 116 valence electrons. The number of carbonyl (C=O) groups excluding carboxylic acids is 1. The van der Waals surface area contributed by atoms with Gasteiger partial charge in [0.2, 0.25) is 0 Å². The minimum absolute atomic E-state index is 0.256. The highest BCUT2D eigenvalue weighted by atomic mass is 32.1. The van der Waals surface area contributed by atoms with Crippen LogP contribution in [-0.4, -0.2) is 27.3 Å². The average molecular weight is 321 g/mol. The zero-order chi connectivity index (χ0) is 16.1. The molecule has 7 heteroatoms. The third-order valence-electron chi connectivity index (χ3n) is 2.99. The number of nitrogens with zero attached hydrogens (tertiary/aromatic N) is 2. The number of aromatic nitrogens is 1. The summed E-state index contributed by atoms with van der Waals surface area (Å²) in [7, 11) is 0. The zero-order valence-electron chi connectivity index (χ0n) is 11.9. The average Bonchev–Trinajstić information content (AvgIpc) is 2.94. The van der Waals surface area contributed by atoms with Crippen LogP contribution in [0.1, 0.15) is 22.4 Å². The number of primary amides is 1. The van der Waals surface area contributed by atoms with Gasteiger partial charge in [-0.3, -0.25) is 5.21 Å². The van der Waals surface area contributed by atoms with Gasteiger partial charge in [-0.1, -0.05) is 18.2 Å². The van der Waals surface area contributed by atoms with E-state index in [9.17, 15) is 14.4 Å². The van der Waals surface area contributed by atoms with Crippen molar-refractivity contribution in [2.45, 2.75) is 19.4 Å². The van der Waals surface area contributed by atoms with Crippen molar-refractivity contribution in [1.29, 1.82) is 0 Å². The van der Waals surface area contributed by atoms with Crippen molar-refractivity contribution in [1.82, 2.24) is 10.0 Å². The summed E-state index contributed by atoms with van der Waals surface area (Å²) < 4.78 is 12.9. The molecule has 5 nitrogen and oxygen atoms in total. The molecule has 0 saturated heterocycles. The normalized spacial score (nSPS) is 12.5. The van der Waals surface area contributed by atoms with Crippen LogP contribution in [0.2, 0.25) is 0 Å². The Morgan fingerprint density at radius 1 is 1.50 bits per heavy atom. The lowest BCUT2D eigenvalue weighted by Crippen LogP contribution is -2.38. The Kier molecular flexibility index (Phi) is 5.24. The first-order valence-electron chi connectivity index (χ1n) is 6.60. The maximum Gasteiger partial charge on any atom is 0.339 e. The number of urea groups is 1. The molecule has 0 spiro atoms. The molecule has 2 aromatic rings. The minimum Gasteiger partial charge on any atom is -0.350 e. The Bertz CT molecular complexity index is 670. The lowest BCUT2D eigenvalue weighted by Gasteiger charge is -2.16. The first-order chi connectivity index (χ1) is 10.5. The molecule has 2 amide bonds. The van der Waals surface area contributed by atoms with Crippen molar-refractivity contribution in [3.8, 4) is 0 Å². The molecule has 22 heavy (non-hydrogen) atoms. The van der Waals surface area contributed by atoms with E-state index in [1.807, 2.05) is 0 Å². The van der Waals surface area contributed by atoms with Gasteiger partial charge < -0.3 is 5.73 Å². The Balaban J connectivity index is 1.99. The number of amides is 2. The van der Waals surface area contributed by atoms with Crippen molar-refractivity contribution in [3.63, 3.8) is 0 Å². The molecule has 0 aliphatic rings. The molecule has 0 unspecified atom stereocenters. The lowest BCUT2D eigenvalue weighted by molar-refractivity contribution is -0.0560. The van der Waals surface area contributed by atoms with Crippen LogP contribution in [-0.2, 0) is 6.42 Å². The second-order valence-corrected chi connectivity index (χ2v) is 5.90. The monoisotopic (exact) mass is 321 g/mol. The first-order valence-corrected chi connectivity index (χ1v) is 7.42. The Labute approximate surface area is 131 Å².